The van der Waals surface area contributed by atoms with E-state index < -0.39 is 22.2 Å². The number of hydrogen-bond acceptors (Lipinski definition) is 5. The fourth-order valence-electron chi connectivity index (χ4n) is 2.40. The van der Waals surface area contributed by atoms with Gasteiger partial charge in [0, 0.05) is 35.9 Å². The SMILES string of the molecule is Nc1ccc2[nH]cc(S(=O)(=O)N3C[C@@H](O)[C@@H](O)C3)c2c1. The van der Waals surface area contributed by atoms with Crippen LogP contribution in [0.4, 0.5) is 5.69 Å². The van der Waals surface area contributed by atoms with Gasteiger partial charge in [0.05, 0.1) is 12.2 Å². The lowest BCUT2D eigenvalue weighted by molar-refractivity contribution is 0.0572. The minimum atomic E-state index is -3.78. The molecule has 0 unspecified atom stereocenters. The Morgan fingerprint density at radius 1 is 1.25 bits per heavy atom. The lowest BCUT2D eigenvalue weighted by Gasteiger charge is -2.14. The number of benzene rings is 1. The minimum absolute atomic E-state index is 0.0982. The Morgan fingerprint density at radius 2 is 1.90 bits per heavy atom. The van der Waals surface area contributed by atoms with E-state index in [4.69, 9.17) is 5.73 Å². The number of nitrogens with two attached hydrogens (primary N) is 1. The maximum absolute atomic E-state index is 12.6. The van der Waals surface area contributed by atoms with Gasteiger partial charge >= 0.3 is 0 Å². The van der Waals surface area contributed by atoms with Gasteiger partial charge in [0.25, 0.3) is 0 Å². The summed E-state index contributed by atoms with van der Waals surface area (Å²) >= 11 is 0. The van der Waals surface area contributed by atoms with E-state index in [-0.39, 0.29) is 18.0 Å². The number of nitrogens with zero attached hydrogens (tertiary/aromatic N) is 1. The van der Waals surface area contributed by atoms with Crippen LogP contribution in [-0.2, 0) is 10.0 Å². The number of sulfonamides is 1. The molecule has 1 saturated heterocycles. The van der Waals surface area contributed by atoms with E-state index in [1.165, 1.54) is 6.20 Å². The summed E-state index contributed by atoms with van der Waals surface area (Å²) in [5.41, 5.74) is 6.82. The van der Waals surface area contributed by atoms with Crippen LogP contribution in [0, 0.1) is 0 Å². The molecule has 108 valence electrons. The number of hydrogen-bond donors (Lipinski definition) is 4. The van der Waals surface area contributed by atoms with Crippen molar-refractivity contribution in [2.75, 3.05) is 18.8 Å². The third-order valence-corrected chi connectivity index (χ3v) is 5.38. The van der Waals surface area contributed by atoms with Crippen LogP contribution in [-0.4, -0.2) is 53.2 Å². The van der Waals surface area contributed by atoms with Crippen LogP contribution in [0.25, 0.3) is 10.9 Å². The van der Waals surface area contributed by atoms with Crippen LogP contribution < -0.4 is 5.73 Å². The molecule has 1 aliphatic rings. The lowest BCUT2D eigenvalue weighted by Crippen LogP contribution is -2.29. The third-order valence-electron chi connectivity index (χ3n) is 3.51. The molecule has 1 fully saturated rings. The average Bonchev–Trinajstić information content (AvgIpc) is 2.94. The van der Waals surface area contributed by atoms with Crippen LogP contribution in [0.5, 0.6) is 0 Å². The van der Waals surface area contributed by atoms with Crippen molar-refractivity contribution < 1.29 is 18.6 Å². The Balaban J connectivity index is 2.08. The van der Waals surface area contributed by atoms with Crippen molar-refractivity contribution in [2.24, 2.45) is 0 Å². The summed E-state index contributed by atoms with van der Waals surface area (Å²) in [4.78, 5) is 2.98. The molecule has 2 atom stereocenters. The Morgan fingerprint density at radius 3 is 2.55 bits per heavy atom. The Hall–Kier alpha value is -1.61. The number of rotatable bonds is 2. The summed E-state index contributed by atoms with van der Waals surface area (Å²) in [6.45, 7) is -0.225. The molecule has 0 bridgehead atoms. The van der Waals surface area contributed by atoms with Gasteiger partial charge in [-0.25, -0.2) is 8.42 Å². The number of aliphatic hydroxyl groups is 2. The van der Waals surface area contributed by atoms with E-state index in [1.54, 1.807) is 18.2 Å². The van der Waals surface area contributed by atoms with Gasteiger partial charge in [-0.15, -0.1) is 0 Å². The van der Waals surface area contributed by atoms with E-state index in [0.717, 1.165) is 4.31 Å². The summed E-state index contributed by atoms with van der Waals surface area (Å²) in [6.07, 6.45) is -0.712. The number of β-amino-alcohol motifs (C(OH)–C–C–N with tert-alkyl or cyclic N) is 2. The normalized spacial score (nSPS) is 24.5. The molecule has 0 aliphatic carbocycles. The fourth-order valence-corrected chi connectivity index (χ4v) is 4.03. The van der Waals surface area contributed by atoms with Gasteiger partial charge in [0.15, 0.2) is 0 Å². The first-order chi connectivity index (χ1) is 9.39. The molecule has 2 aromatic rings. The second-order valence-electron chi connectivity index (χ2n) is 4.91. The largest absolute Gasteiger partial charge is 0.399 e. The van der Waals surface area contributed by atoms with Crippen molar-refractivity contribution in [3.63, 3.8) is 0 Å². The summed E-state index contributed by atoms with van der Waals surface area (Å²) in [5, 5.41) is 19.5. The Kier molecular flexibility index (Phi) is 2.98. The molecule has 20 heavy (non-hydrogen) atoms. The highest BCUT2D eigenvalue weighted by Crippen LogP contribution is 2.29. The Labute approximate surface area is 115 Å². The molecule has 2 heterocycles. The van der Waals surface area contributed by atoms with Crippen molar-refractivity contribution in [3.8, 4) is 0 Å². The first-order valence-electron chi connectivity index (χ1n) is 6.12. The van der Waals surface area contributed by atoms with Crippen molar-refractivity contribution >= 4 is 26.6 Å². The van der Waals surface area contributed by atoms with Gasteiger partial charge in [-0.1, -0.05) is 0 Å². The molecule has 8 heteroatoms. The Bertz CT molecular complexity index is 745. The van der Waals surface area contributed by atoms with E-state index in [2.05, 4.69) is 4.98 Å². The lowest BCUT2D eigenvalue weighted by atomic mass is 10.2. The van der Waals surface area contributed by atoms with Crippen molar-refractivity contribution in [2.45, 2.75) is 17.1 Å². The maximum Gasteiger partial charge on any atom is 0.245 e. The van der Waals surface area contributed by atoms with Gasteiger partial charge in [-0.2, -0.15) is 4.31 Å². The van der Waals surface area contributed by atoms with E-state index in [1.807, 2.05) is 0 Å². The van der Waals surface area contributed by atoms with Crippen LogP contribution in [0.2, 0.25) is 0 Å². The summed E-state index contributed by atoms with van der Waals surface area (Å²) < 4.78 is 26.2. The molecule has 7 nitrogen and oxygen atoms in total. The van der Waals surface area contributed by atoms with Gasteiger partial charge < -0.3 is 20.9 Å². The topological polar surface area (TPSA) is 120 Å². The molecule has 1 aromatic heterocycles. The second-order valence-corrected chi connectivity index (χ2v) is 6.82. The van der Waals surface area contributed by atoms with Gasteiger partial charge in [0.2, 0.25) is 10.0 Å². The number of H-pyrrole nitrogens is 1. The zero-order chi connectivity index (χ0) is 14.5. The predicted octanol–water partition coefficient (Wildman–Crippen LogP) is -0.524. The molecular weight excluding hydrogens is 282 g/mol. The first kappa shape index (κ1) is 13.4. The summed E-state index contributed by atoms with van der Waals surface area (Å²) in [7, 11) is -3.78. The van der Waals surface area contributed by atoms with E-state index in [0.29, 0.717) is 16.6 Å². The number of nitrogens with one attached hydrogen (secondary N) is 1. The van der Waals surface area contributed by atoms with Gasteiger partial charge in [-0.3, -0.25) is 0 Å². The maximum atomic E-state index is 12.6. The average molecular weight is 297 g/mol. The molecule has 0 saturated carbocycles. The van der Waals surface area contributed by atoms with Crippen molar-refractivity contribution in [1.82, 2.24) is 9.29 Å². The summed E-state index contributed by atoms with van der Waals surface area (Å²) in [6, 6.07) is 4.97. The highest BCUT2D eigenvalue weighted by atomic mass is 32.2. The number of anilines is 1. The third kappa shape index (κ3) is 1.97. The zero-order valence-electron chi connectivity index (χ0n) is 10.5. The predicted molar refractivity (Wildman–Crippen MR) is 73.5 cm³/mol. The summed E-state index contributed by atoms with van der Waals surface area (Å²) in [5.74, 6) is 0. The zero-order valence-corrected chi connectivity index (χ0v) is 11.3. The van der Waals surface area contributed by atoms with Crippen molar-refractivity contribution in [1.29, 1.82) is 0 Å². The number of fused-ring (bicyclic) bond motifs is 1. The molecule has 0 amide bonds. The van der Waals surface area contributed by atoms with Gasteiger partial charge in [0.1, 0.15) is 4.90 Å². The molecule has 5 N–H and O–H groups in total. The number of aromatic nitrogens is 1. The highest BCUT2D eigenvalue weighted by molar-refractivity contribution is 7.89. The highest BCUT2D eigenvalue weighted by Gasteiger charge is 2.38. The molecule has 1 aromatic carbocycles. The molecular formula is C12H15N3O4S. The monoisotopic (exact) mass is 297 g/mol. The number of aromatic amines is 1. The first-order valence-corrected chi connectivity index (χ1v) is 7.56. The molecule has 1 aliphatic heterocycles. The smallest absolute Gasteiger partial charge is 0.245 e. The van der Waals surface area contributed by atoms with Crippen LogP contribution in [0.3, 0.4) is 0 Å². The molecule has 3 rings (SSSR count). The van der Waals surface area contributed by atoms with Crippen LogP contribution in [0.15, 0.2) is 29.3 Å². The fraction of sp³-hybridized carbons (Fsp3) is 0.333. The van der Waals surface area contributed by atoms with Gasteiger partial charge in [-0.05, 0) is 18.2 Å². The molecule has 0 radical (unpaired) electrons. The molecule has 0 spiro atoms. The number of nitrogen functional groups attached to an aromatic ring is 1. The standard InChI is InChI=1S/C12H15N3O4S/c13-7-1-2-9-8(3-7)12(4-14-9)20(18,19)15-5-10(16)11(17)6-15/h1-4,10-11,14,16-17H,5-6,13H2/t10-,11+. The van der Waals surface area contributed by atoms with Crippen LogP contribution in [0.1, 0.15) is 0 Å². The van der Waals surface area contributed by atoms with Crippen LogP contribution >= 0.6 is 0 Å². The quantitative estimate of drug-likeness (QED) is 0.556. The number of aliphatic hydroxyl groups excluding tert-OH is 2. The van der Waals surface area contributed by atoms with Crippen molar-refractivity contribution in [3.05, 3.63) is 24.4 Å². The second kappa shape index (κ2) is 4.45. The van der Waals surface area contributed by atoms with E-state index in [9.17, 15) is 18.6 Å². The van der Waals surface area contributed by atoms with E-state index >= 15 is 0 Å². The minimum Gasteiger partial charge on any atom is -0.399 e.